The van der Waals surface area contributed by atoms with E-state index in [1.807, 2.05) is 13.8 Å². The minimum absolute atomic E-state index is 0.0349. The first kappa shape index (κ1) is 17.2. The zero-order valence-electron chi connectivity index (χ0n) is 15.7. The number of allylic oxidation sites excluding steroid dienone is 4. The number of hydrogen-bond donors (Lipinski definition) is 0. The van der Waals surface area contributed by atoms with Crippen LogP contribution in [-0.4, -0.2) is 18.7 Å². The van der Waals surface area contributed by atoms with Crippen LogP contribution in [0, 0.1) is 22.7 Å². The van der Waals surface area contributed by atoms with Crippen LogP contribution in [0.3, 0.4) is 0 Å². The summed E-state index contributed by atoms with van der Waals surface area (Å²) >= 11 is 0. The van der Waals surface area contributed by atoms with E-state index >= 15 is 0 Å². The smallest absolute Gasteiger partial charge is 0.225 e. The van der Waals surface area contributed by atoms with Crippen LogP contribution in [0.15, 0.2) is 34.6 Å². The molecule has 0 heterocycles. The molecule has 0 radical (unpaired) electrons. The monoisotopic (exact) mass is 328 g/mol. The third kappa shape index (κ3) is 1.96. The maximum absolute atomic E-state index is 13.3. The summed E-state index contributed by atoms with van der Waals surface area (Å²) in [4.78, 5) is 26.5. The van der Waals surface area contributed by atoms with Gasteiger partial charge in [-0.3, -0.25) is 9.59 Å². The largest absolute Gasteiger partial charge is 0.492 e. The summed E-state index contributed by atoms with van der Waals surface area (Å²) in [6, 6.07) is 0. The molecule has 24 heavy (non-hydrogen) atoms. The van der Waals surface area contributed by atoms with Crippen LogP contribution in [0.25, 0.3) is 0 Å². The molecule has 0 aromatic carbocycles. The summed E-state index contributed by atoms with van der Waals surface area (Å²) in [7, 11) is 1.49. The molecular formula is C21H28O3. The van der Waals surface area contributed by atoms with Gasteiger partial charge in [-0.1, -0.05) is 47.6 Å². The second-order valence-corrected chi connectivity index (χ2v) is 8.73. The topological polar surface area (TPSA) is 43.4 Å². The Labute approximate surface area is 144 Å². The van der Waals surface area contributed by atoms with Crippen molar-refractivity contribution in [1.82, 2.24) is 0 Å². The molecule has 3 aliphatic carbocycles. The molecule has 1 saturated carbocycles. The van der Waals surface area contributed by atoms with Crippen LogP contribution in [-0.2, 0) is 14.3 Å². The van der Waals surface area contributed by atoms with E-state index < -0.39 is 0 Å². The molecule has 3 nitrogen and oxygen atoms in total. The Morgan fingerprint density at radius 2 is 1.75 bits per heavy atom. The number of hydrogen-bond acceptors (Lipinski definition) is 3. The van der Waals surface area contributed by atoms with E-state index in [0.717, 1.165) is 24.8 Å². The van der Waals surface area contributed by atoms with Crippen molar-refractivity contribution >= 4 is 11.6 Å². The summed E-state index contributed by atoms with van der Waals surface area (Å²) in [5, 5.41) is 0. The van der Waals surface area contributed by atoms with Gasteiger partial charge in [0.15, 0.2) is 11.5 Å². The SMILES string of the molecule is C=C1C2=C(C(=O)C(OC)=C(C(C)C)C2=O)[C@@]2(C)CCCC(C)(C)C12. The molecule has 130 valence electrons. The van der Waals surface area contributed by atoms with Gasteiger partial charge in [-0.2, -0.15) is 0 Å². The van der Waals surface area contributed by atoms with E-state index in [2.05, 4.69) is 27.4 Å². The van der Waals surface area contributed by atoms with E-state index in [4.69, 9.17) is 4.74 Å². The Balaban J connectivity index is 2.24. The number of ketones is 2. The number of carbonyl (C=O) groups excluding carboxylic acids is 2. The van der Waals surface area contributed by atoms with Gasteiger partial charge in [-0.15, -0.1) is 0 Å². The molecule has 1 fully saturated rings. The summed E-state index contributed by atoms with van der Waals surface area (Å²) in [5.41, 5.74) is 2.34. The highest BCUT2D eigenvalue weighted by Gasteiger charge is 2.60. The minimum Gasteiger partial charge on any atom is -0.492 e. The molecule has 0 aromatic rings. The minimum atomic E-state index is -0.312. The van der Waals surface area contributed by atoms with Gasteiger partial charge in [-0.05, 0) is 35.7 Å². The Morgan fingerprint density at radius 3 is 2.29 bits per heavy atom. The molecule has 0 aromatic heterocycles. The molecule has 0 aliphatic heterocycles. The number of methoxy groups -OCH3 is 1. The van der Waals surface area contributed by atoms with Crippen LogP contribution in [0.2, 0.25) is 0 Å². The first-order valence-electron chi connectivity index (χ1n) is 8.89. The van der Waals surface area contributed by atoms with Gasteiger partial charge < -0.3 is 4.74 Å². The quantitative estimate of drug-likeness (QED) is 0.706. The normalized spacial score (nSPS) is 32.5. The third-order valence-corrected chi connectivity index (χ3v) is 6.36. The highest BCUT2D eigenvalue weighted by Crippen LogP contribution is 2.64. The van der Waals surface area contributed by atoms with Crippen molar-refractivity contribution in [3.05, 3.63) is 34.6 Å². The molecule has 0 spiro atoms. The average Bonchev–Trinajstić information content (AvgIpc) is 2.71. The van der Waals surface area contributed by atoms with Gasteiger partial charge in [0.1, 0.15) is 0 Å². The fraction of sp³-hybridized carbons (Fsp3) is 0.619. The van der Waals surface area contributed by atoms with Crippen molar-refractivity contribution in [3.8, 4) is 0 Å². The van der Waals surface area contributed by atoms with Crippen molar-refractivity contribution < 1.29 is 14.3 Å². The number of rotatable bonds is 2. The second kappa shape index (κ2) is 5.18. The lowest BCUT2D eigenvalue weighted by molar-refractivity contribution is -0.120. The van der Waals surface area contributed by atoms with Crippen LogP contribution < -0.4 is 0 Å². The number of carbonyl (C=O) groups is 2. The zero-order chi connectivity index (χ0) is 18.0. The molecule has 2 atom stereocenters. The first-order chi connectivity index (χ1) is 11.1. The number of Topliss-reactive ketones (excluding diaryl/α,β-unsaturated/α-hetero) is 2. The van der Waals surface area contributed by atoms with Crippen LogP contribution in [0.4, 0.5) is 0 Å². The van der Waals surface area contributed by atoms with E-state index in [1.165, 1.54) is 7.11 Å². The lowest BCUT2D eigenvalue weighted by Gasteiger charge is -2.48. The first-order valence-corrected chi connectivity index (χ1v) is 8.89. The average molecular weight is 328 g/mol. The molecule has 3 rings (SSSR count). The van der Waals surface area contributed by atoms with Gasteiger partial charge in [-0.25, -0.2) is 0 Å². The maximum Gasteiger partial charge on any atom is 0.225 e. The molecule has 1 unspecified atom stereocenters. The van der Waals surface area contributed by atoms with Crippen molar-refractivity contribution in [2.24, 2.45) is 22.7 Å². The van der Waals surface area contributed by atoms with Crippen molar-refractivity contribution in [2.75, 3.05) is 7.11 Å². The van der Waals surface area contributed by atoms with Gasteiger partial charge in [0, 0.05) is 22.1 Å². The summed E-state index contributed by atoms with van der Waals surface area (Å²) in [6.45, 7) is 14.8. The second-order valence-electron chi connectivity index (χ2n) is 8.73. The molecular weight excluding hydrogens is 300 g/mol. The lowest BCUT2D eigenvalue weighted by Crippen LogP contribution is -2.42. The van der Waals surface area contributed by atoms with Gasteiger partial charge in [0.2, 0.25) is 5.78 Å². The molecule has 0 N–H and O–H groups in total. The Kier molecular flexibility index (Phi) is 3.71. The highest BCUT2D eigenvalue weighted by atomic mass is 16.5. The van der Waals surface area contributed by atoms with E-state index in [9.17, 15) is 9.59 Å². The van der Waals surface area contributed by atoms with Crippen LogP contribution in [0.1, 0.15) is 53.9 Å². The van der Waals surface area contributed by atoms with Crippen molar-refractivity contribution in [1.29, 1.82) is 0 Å². The third-order valence-electron chi connectivity index (χ3n) is 6.36. The fourth-order valence-electron chi connectivity index (χ4n) is 5.61. The number of ether oxygens (including phenoxy) is 1. The standard InChI is InChI=1S/C21H28O3/c1-11(2)13-16(22)14-12(3)19-20(4,5)9-8-10-21(19,6)15(14)17(23)18(13)24-7/h11,19H,3,8-10H2,1-2,4-7H3/t19?,21-/m1/s1. The summed E-state index contributed by atoms with van der Waals surface area (Å²) in [6.07, 6.45) is 3.08. The molecule has 3 heteroatoms. The van der Waals surface area contributed by atoms with E-state index in [0.29, 0.717) is 16.7 Å². The molecule has 0 bridgehead atoms. The summed E-state index contributed by atoms with van der Waals surface area (Å²) < 4.78 is 5.41. The Morgan fingerprint density at radius 1 is 1.12 bits per heavy atom. The Bertz CT molecular complexity index is 717. The maximum atomic E-state index is 13.3. The van der Waals surface area contributed by atoms with E-state index in [-0.39, 0.29) is 40.0 Å². The molecule has 3 aliphatic rings. The van der Waals surface area contributed by atoms with Gasteiger partial charge >= 0.3 is 0 Å². The van der Waals surface area contributed by atoms with Crippen molar-refractivity contribution in [3.63, 3.8) is 0 Å². The predicted molar refractivity (Wildman–Crippen MR) is 94.3 cm³/mol. The van der Waals surface area contributed by atoms with E-state index in [1.54, 1.807) is 0 Å². The predicted octanol–water partition coefficient (Wildman–Crippen LogP) is 4.39. The summed E-state index contributed by atoms with van der Waals surface area (Å²) in [5.74, 6) is 0.183. The molecule has 0 amide bonds. The Hall–Kier alpha value is -1.64. The van der Waals surface area contributed by atoms with Crippen LogP contribution in [0.5, 0.6) is 0 Å². The fourth-order valence-corrected chi connectivity index (χ4v) is 5.61. The number of fused-ring (bicyclic) bond motifs is 2. The lowest BCUT2D eigenvalue weighted by atomic mass is 9.55. The molecule has 0 saturated heterocycles. The van der Waals surface area contributed by atoms with Gasteiger partial charge in [0.25, 0.3) is 0 Å². The van der Waals surface area contributed by atoms with Gasteiger partial charge in [0.05, 0.1) is 7.11 Å². The van der Waals surface area contributed by atoms with Crippen LogP contribution >= 0.6 is 0 Å². The zero-order valence-corrected chi connectivity index (χ0v) is 15.7. The highest BCUT2D eigenvalue weighted by molar-refractivity contribution is 6.27. The van der Waals surface area contributed by atoms with Crippen molar-refractivity contribution in [2.45, 2.75) is 53.9 Å².